The molecule has 2 nitrogen and oxygen atoms in total. The van der Waals surface area contributed by atoms with Crippen molar-refractivity contribution < 1.29 is 0 Å². The highest BCUT2D eigenvalue weighted by Gasteiger charge is 2.34. The first-order valence-electron chi connectivity index (χ1n) is 7.02. The van der Waals surface area contributed by atoms with E-state index in [1.54, 1.807) is 0 Å². The Balaban J connectivity index is 1.73. The van der Waals surface area contributed by atoms with Crippen molar-refractivity contribution in [1.29, 1.82) is 0 Å². The SMILES string of the molecule is Nc1cc(CN2CCCC3CCCC32)ccc1Br. The number of fused-ring (bicyclic) bond motifs is 1. The minimum Gasteiger partial charge on any atom is -0.398 e. The molecule has 1 aromatic carbocycles. The Bertz CT molecular complexity index is 433. The summed E-state index contributed by atoms with van der Waals surface area (Å²) < 4.78 is 1.00. The van der Waals surface area contributed by atoms with Gasteiger partial charge in [0.15, 0.2) is 0 Å². The quantitative estimate of drug-likeness (QED) is 0.842. The van der Waals surface area contributed by atoms with Crippen LogP contribution in [-0.4, -0.2) is 17.5 Å². The van der Waals surface area contributed by atoms with Gasteiger partial charge >= 0.3 is 0 Å². The number of nitrogen functional groups attached to an aromatic ring is 1. The average Bonchev–Trinajstić information content (AvgIpc) is 2.83. The van der Waals surface area contributed by atoms with Crippen LogP contribution < -0.4 is 5.73 Å². The van der Waals surface area contributed by atoms with Crippen molar-refractivity contribution >= 4 is 21.6 Å². The van der Waals surface area contributed by atoms with E-state index in [-0.39, 0.29) is 0 Å². The van der Waals surface area contributed by atoms with Crippen molar-refractivity contribution in [2.45, 2.75) is 44.7 Å². The fraction of sp³-hybridized carbons (Fsp3) is 0.600. The summed E-state index contributed by atoms with van der Waals surface area (Å²) in [5.41, 5.74) is 8.17. The second kappa shape index (κ2) is 5.22. The zero-order valence-electron chi connectivity index (χ0n) is 10.7. The van der Waals surface area contributed by atoms with Gasteiger partial charge in [-0.2, -0.15) is 0 Å². The summed E-state index contributed by atoms with van der Waals surface area (Å²) in [7, 11) is 0. The van der Waals surface area contributed by atoms with Crippen LogP contribution in [0.25, 0.3) is 0 Å². The van der Waals surface area contributed by atoms with Crippen molar-refractivity contribution in [3.05, 3.63) is 28.2 Å². The largest absolute Gasteiger partial charge is 0.398 e. The molecule has 2 unspecified atom stereocenters. The zero-order valence-corrected chi connectivity index (χ0v) is 12.3. The predicted octanol–water partition coefficient (Wildman–Crippen LogP) is 3.80. The molecular weight excluding hydrogens is 288 g/mol. The van der Waals surface area contributed by atoms with Crippen LogP contribution in [0.2, 0.25) is 0 Å². The van der Waals surface area contributed by atoms with Crippen molar-refractivity contribution in [3.8, 4) is 0 Å². The Morgan fingerprint density at radius 1 is 1.22 bits per heavy atom. The van der Waals surface area contributed by atoms with Gasteiger partial charge in [0.2, 0.25) is 0 Å². The lowest BCUT2D eigenvalue weighted by Gasteiger charge is -2.37. The standard InChI is InChI=1S/C15H21BrN2/c16-13-7-6-11(9-14(13)17)10-18-8-2-4-12-3-1-5-15(12)18/h6-7,9,12,15H,1-5,8,10,17H2. The smallest absolute Gasteiger partial charge is 0.0461 e. The minimum absolute atomic E-state index is 0.837. The molecule has 0 amide bonds. The summed E-state index contributed by atoms with van der Waals surface area (Å²) in [5, 5.41) is 0. The average molecular weight is 309 g/mol. The van der Waals surface area contributed by atoms with E-state index < -0.39 is 0 Å². The molecule has 3 heteroatoms. The highest BCUT2D eigenvalue weighted by molar-refractivity contribution is 9.10. The monoisotopic (exact) mass is 308 g/mol. The van der Waals surface area contributed by atoms with Gasteiger partial charge in [0.05, 0.1) is 0 Å². The molecule has 2 atom stereocenters. The summed E-state index contributed by atoms with van der Waals surface area (Å²) in [6, 6.07) is 7.21. The van der Waals surface area contributed by atoms with Gasteiger partial charge in [0.25, 0.3) is 0 Å². The normalized spacial score (nSPS) is 28.3. The Morgan fingerprint density at radius 3 is 2.89 bits per heavy atom. The van der Waals surface area contributed by atoms with Gasteiger partial charge in [-0.1, -0.05) is 12.5 Å². The lowest BCUT2D eigenvalue weighted by atomic mass is 9.91. The molecule has 2 fully saturated rings. The van der Waals surface area contributed by atoms with E-state index >= 15 is 0 Å². The first-order chi connectivity index (χ1) is 8.74. The molecule has 18 heavy (non-hydrogen) atoms. The van der Waals surface area contributed by atoms with Gasteiger partial charge in [-0.3, -0.25) is 4.90 Å². The molecule has 0 spiro atoms. The van der Waals surface area contributed by atoms with Crippen LogP contribution in [0.1, 0.15) is 37.7 Å². The number of halogens is 1. The summed E-state index contributed by atoms with van der Waals surface area (Å²) in [6.07, 6.45) is 7.09. The van der Waals surface area contributed by atoms with E-state index in [1.807, 2.05) is 0 Å². The van der Waals surface area contributed by atoms with Crippen molar-refractivity contribution in [2.75, 3.05) is 12.3 Å². The van der Waals surface area contributed by atoms with Gasteiger partial charge in [0.1, 0.15) is 0 Å². The molecule has 0 aromatic heterocycles. The number of nitrogens with two attached hydrogens (primary N) is 1. The summed E-state index contributed by atoms with van der Waals surface area (Å²) >= 11 is 3.46. The van der Waals surface area contributed by atoms with E-state index in [0.29, 0.717) is 0 Å². The molecular formula is C15H21BrN2. The van der Waals surface area contributed by atoms with Crippen LogP contribution in [0.5, 0.6) is 0 Å². The highest BCUT2D eigenvalue weighted by Crippen LogP contribution is 2.37. The maximum Gasteiger partial charge on any atom is 0.0461 e. The zero-order chi connectivity index (χ0) is 12.5. The Hall–Kier alpha value is -0.540. The summed E-state index contributed by atoms with van der Waals surface area (Å²) in [4.78, 5) is 2.68. The third-order valence-corrected chi connectivity index (χ3v) is 5.28. The molecule has 98 valence electrons. The van der Waals surface area contributed by atoms with Crippen molar-refractivity contribution in [1.82, 2.24) is 4.90 Å². The number of piperidine rings is 1. The van der Waals surface area contributed by atoms with E-state index in [4.69, 9.17) is 5.73 Å². The minimum atomic E-state index is 0.837. The van der Waals surface area contributed by atoms with Gasteiger partial charge in [0, 0.05) is 22.7 Å². The molecule has 3 rings (SSSR count). The second-order valence-corrected chi connectivity index (χ2v) is 6.58. The molecule has 2 N–H and O–H groups in total. The lowest BCUT2D eigenvalue weighted by Crippen LogP contribution is -2.41. The number of anilines is 1. The predicted molar refractivity (Wildman–Crippen MR) is 79.3 cm³/mol. The van der Waals surface area contributed by atoms with Crippen LogP contribution in [0, 0.1) is 5.92 Å². The lowest BCUT2D eigenvalue weighted by molar-refractivity contribution is 0.106. The van der Waals surface area contributed by atoms with Gasteiger partial charge in [-0.15, -0.1) is 0 Å². The number of rotatable bonds is 2. The van der Waals surface area contributed by atoms with Crippen LogP contribution in [0.3, 0.4) is 0 Å². The van der Waals surface area contributed by atoms with Crippen molar-refractivity contribution in [3.63, 3.8) is 0 Å². The molecule has 1 aliphatic heterocycles. The Labute approximate surface area is 118 Å². The van der Waals surface area contributed by atoms with Crippen LogP contribution in [0.4, 0.5) is 5.69 Å². The molecule has 0 radical (unpaired) electrons. The Morgan fingerprint density at radius 2 is 2.06 bits per heavy atom. The van der Waals surface area contributed by atoms with E-state index in [9.17, 15) is 0 Å². The fourth-order valence-electron chi connectivity index (χ4n) is 3.68. The molecule has 1 heterocycles. The van der Waals surface area contributed by atoms with E-state index in [1.165, 1.54) is 44.2 Å². The third kappa shape index (κ3) is 2.43. The number of hydrogen-bond donors (Lipinski definition) is 1. The van der Waals surface area contributed by atoms with Crippen molar-refractivity contribution in [2.24, 2.45) is 5.92 Å². The number of benzene rings is 1. The number of nitrogens with zero attached hydrogens (tertiary/aromatic N) is 1. The van der Waals surface area contributed by atoms with E-state index in [0.717, 1.165) is 28.7 Å². The topological polar surface area (TPSA) is 29.3 Å². The highest BCUT2D eigenvalue weighted by atomic mass is 79.9. The molecule has 2 aliphatic rings. The van der Waals surface area contributed by atoms with Crippen LogP contribution in [0.15, 0.2) is 22.7 Å². The molecule has 1 saturated heterocycles. The summed E-state index contributed by atoms with van der Waals surface area (Å²) in [6.45, 7) is 2.33. The van der Waals surface area contributed by atoms with Crippen LogP contribution in [-0.2, 0) is 6.54 Å². The van der Waals surface area contributed by atoms with Gasteiger partial charge in [-0.05, 0) is 71.8 Å². The van der Waals surface area contributed by atoms with E-state index in [2.05, 4.69) is 39.0 Å². The maximum atomic E-state index is 5.97. The summed E-state index contributed by atoms with van der Waals surface area (Å²) in [5.74, 6) is 0.964. The van der Waals surface area contributed by atoms with Crippen LogP contribution >= 0.6 is 15.9 Å². The van der Waals surface area contributed by atoms with Gasteiger partial charge < -0.3 is 5.73 Å². The number of hydrogen-bond acceptors (Lipinski definition) is 2. The fourth-order valence-corrected chi connectivity index (χ4v) is 3.93. The first-order valence-corrected chi connectivity index (χ1v) is 7.81. The number of likely N-dealkylation sites (tertiary alicyclic amines) is 1. The van der Waals surface area contributed by atoms with Gasteiger partial charge in [-0.25, -0.2) is 0 Å². The first kappa shape index (κ1) is 12.5. The Kier molecular flexibility index (Phi) is 3.62. The molecule has 1 aliphatic carbocycles. The maximum absolute atomic E-state index is 5.97. The second-order valence-electron chi connectivity index (χ2n) is 5.73. The molecule has 0 bridgehead atoms. The third-order valence-electron chi connectivity index (χ3n) is 4.55. The molecule has 1 aromatic rings. The molecule has 1 saturated carbocycles.